The van der Waals surface area contributed by atoms with Gasteiger partial charge in [0.1, 0.15) is 5.75 Å². The highest BCUT2D eigenvalue weighted by atomic mass is 16.5. The molecule has 0 aromatic heterocycles. The van der Waals surface area contributed by atoms with Crippen molar-refractivity contribution in [1.82, 2.24) is 4.90 Å². The van der Waals surface area contributed by atoms with Gasteiger partial charge in [-0.15, -0.1) is 0 Å². The van der Waals surface area contributed by atoms with Gasteiger partial charge in [0.2, 0.25) is 0 Å². The zero-order valence-electron chi connectivity index (χ0n) is 17.5. The van der Waals surface area contributed by atoms with Crippen molar-refractivity contribution in [2.45, 2.75) is 64.9 Å². The zero-order chi connectivity index (χ0) is 19.8. The van der Waals surface area contributed by atoms with E-state index in [-0.39, 0.29) is 5.97 Å². The second-order valence-electron chi connectivity index (χ2n) is 8.03. The average molecular weight is 386 g/mol. The maximum absolute atomic E-state index is 11.5. The Labute approximate surface area is 169 Å². The number of hydrogen-bond donors (Lipinski definition) is 0. The Morgan fingerprint density at radius 1 is 1.11 bits per heavy atom. The normalized spacial score (nSPS) is 23.1. The van der Waals surface area contributed by atoms with Crippen LogP contribution >= 0.6 is 0 Å². The minimum absolute atomic E-state index is 0.101. The zero-order valence-corrected chi connectivity index (χ0v) is 17.5. The summed E-state index contributed by atoms with van der Waals surface area (Å²) in [7, 11) is 0. The van der Waals surface area contributed by atoms with Gasteiger partial charge in [-0.2, -0.15) is 0 Å². The van der Waals surface area contributed by atoms with Crippen LogP contribution in [0.2, 0.25) is 0 Å². The Morgan fingerprint density at radius 3 is 2.46 bits per heavy atom. The minimum Gasteiger partial charge on any atom is -0.490 e. The summed E-state index contributed by atoms with van der Waals surface area (Å²) < 4.78 is 11.2. The maximum Gasteiger partial charge on any atom is 0.307 e. The van der Waals surface area contributed by atoms with E-state index in [0.717, 1.165) is 37.7 Å². The first-order chi connectivity index (χ1) is 13.7. The van der Waals surface area contributed by atoms with Gasteiger partial charge in [-0.3, -0.25) is 9.69 Å². The van der Waals surface area contributed by atoms with Crippen molar-refractivity contribution in [1.29, 1.82) is 0 Å². The Hall–Kier alpha value is -1.81. The van der Waals surface area contributed by atoms with Gasteiger partial charge in [0, 0.05) is 19.6 Å². The summed E-state index contributed by atoms with van der Waals surface area (Å²) in [4.78, 5) is 13.8. The summed E-state index contributed by atoms with van der Waals surface area (Å²) in [5.74, 6) is 1.80. The fourth-order valence-corrected chi connectivity index (χ4v) is 4.26. The van der Waals surface area contributed by atoms with E-state index in [2.05, 4.69) is 42.2 Å². The van der Waals surface area contributed by atoms with Crippen LogP contribution in [-0.2, 0) is 9.53 Å². The first kappa shape index (κ1) is 20.9. The van der Waals surface area contributed by atoms with E-state index >= 15 is 0 Å². The van der Waals surface area contributed by atoms with Gasteiger partial charge in [-0.1, -0.05) is 31.6 Å². The van der Waals surface area contributed by atoms with E-state index in [1.54, 1.807) is 0 Å². The number of carbonyl (C=O) groups excluding carboxylic acids is 1. The van der Waals surface area contributed by atoms with Crippen molar-refractivity contribution in [3.63, 3.8) is 0 Å². The SMILES string of the molecule is CCOC(=O)CCN1CC=C(c2ccc(OC3CCC(CC)CC3)cc2)CC1. The van der Waals surface area contributed by atoms with Gasteiger partial charge in [0.15, 0.2) is 0 Å². The number of rotatable bonds is 8. The number of esters is 1. The fraction of sp³-hybridized carbons (Fsp3) is 0.625. The number of benzene rings is 1. The third kappa shape index (κ3) is 6.10. The molecule has 3 rings (SSSR count). The minimum atomic E-state index is -0.101. The summed E-state index contributed by atoms with van der Waals surface area (Å²) in [5, 5.41) is 0. The van der Waals surface area contributed by atoms with Crippen molar-refractivity contribution >= 4 is 11.5 Å². The van der Waals surface area contributed by atoms with Crippen LogP contribution in [0.25, 0.3) is 5.57 Å². The third-order valence-corrected chi connectivity index (χ3v) is 6.13. The molecule has 0 unspecified atom stereocenters. The second kappa shape index (κ2) is 10.7. The molecule has 0 bridgehead atoms. The molecule has 1 aromatic carbocycles. The summed E-state index contributed by atoms with van der Waals surface area (Å²) in [6, 6.07) is 8.62. The first-order valence-electron chi connectivity index (χ1n) is 11.0. The summed E-state index contributed by atoms with van der Waals surface area (Å²) in [6.07, 6.45) is 10.5. The molecule has 1 aromatic rings. The van der Waals surface area contributed by atoms with Crippen LogP contribution in [0.4, 0.5) is 0 Å². The number of nitrogens with zero attached hydrogens (tertiary/aromatic N) is 1. The highest BCUT2D eigenvalue weighted by molar-refractivity contribution is 5.69. The van der Waals surface area contributed by atoms with Crippen LogP contribution in [0.3, 0.4) is 0 Å². The fourth-order valence-electron chi connectivity index (χ4n) is 4.26. The van der Waals surface area contributed by atoms with Crippen LogP contribution < -0.4 is 4.74 Å². The Kier molecular flexibility index (Phi) is 7.96. The molecule has 154 valence electrons. The molecular weight excluding hydrogens is 350 g/mol. The molecule has 2 aliphatic rings. The molecule has 0 spiro atoms. The smallest absolute Gasteiger partial charge is 0.307 e. The Bertz CT molecular complexity index is 644. The Balaban J connectivity index is 1.45. The van der Waals surface area contributed by atoms with E-state index in [4.69, 9.17) is 9.47 Å². The van der Waals surface area contributed by atoms with Gasteiger partial charge in [-0.25, -0.2) is 0 Å². The Morgan fingerprint density at radius 2 is 1.86 bits per heavy atom. The molecular formula is C24H35NO3. The molecule has 0 N–H and O–H groups in total. The lowest BCUT2D eigenvalue weighted by molar-refractivity contribution is -0.143. The van der Waals surface area contributed by atoms with E-state index in [1.807, 2.05) is 6.92 Å². The average Bonchev–Trinajstić information content (AvgIpc) is 2.74. The summed E-state index contributed by atoms with van der Waals surface area (Å²) in [5.41, 5.74) is 2.68. The van der Waals surface area contributed by atoms with Crippen molar-refractivity contribution in [3.8, 4) is 5.75 Å². The molecule has 1 fully saturated rings. The molecule has 1 heterocycles. The second-order valence-corrected chi connectivity index (χ2v) is 8.03. The number of ether oxygens (including phenoxy) is 2. The molecule has 0 atom stereocenters. The van der Waals surface area contributed by atoms with Crippen LogP contribution in [-0.4, -0.2) is 43.2 Å². The van der Waals surface area contributed by atoms with E-state index in [9.17, 15) is 4.79 Å². The van der Waals surface area contributed by atoms with Crippen molar-refractivity contribution < 1.29 is 14.3 Å². The van der Waals surface area contributed by atoms with Gasteiger partial charge < -0.3 is 9.47 Å². The number of carbonyl (C=O) groups is 1. The molecule has 4 heteroatoms. The van der Waals surface area contributed by atoms with Gasteiger partial charge in [0.05, 0.1) is 19.1 Å². The largest absolute Gasteiger partial charge is 0.490 e. The molecule has 1 saturated carbocycles. The van der Waals surface area contributed by atoms with Gasteiger partial charge in [-0.05, 0) is 68.2 Å². The van der Waals surface area contributed by atoms with Crippen LogP contribution in [0.1, 0.15) is 64.4 Å². The number of hydrogen-bond acceptors (Lipinski definition) is 4. The van der Waals surface area contributed by atoms with E-state index < -0.39 is 0 Å². The van der Waals surface area contributed by atoms with Crippen LogP contribution in [0, 0.1) is 5.92 Å². The highest BCUT2D eigenvalue weighted by Gasteiger charge is 2.21. The molecule has 1 aliphatic heterocycles. The predicted octanol–water partition coefficient (Wildman–Crippen LogP) is 5.08. The topological polar surface area (TPSA) is 38.8 Å². The molecule has 0 amide bonds. The summed E-state index contributed by atoms with van der Waals surface area (Å²) >= 11 is 0. The van der Waals surface area contributed by atoms with Crippen LogP contribution in [0.15, 0.2) is 30.3 Å². The van der Waals surface area contributed by atoms with Crippen molar-refractivity contribution in [2.75, 3.05) is 26.2 Å². The first-order valence-corrected chi connectivity index (χ1v) is 11.0. The lowest BCUT2D eigenvalue weighted by Crippen LogP contribution is -2.31. The molecule has 1 aliphatic carbocycles. The highest BCUT2D eigenvalue weighted by Crippen LogP contribution is 2.30. The lowest BCUT2D eigenvalue weighted by atomic mass is 9.86. The molecule has 0 saturated heterocycles. The molecule has 4 nitrogen and oxygen atoms in total. The maximum atomic E-state index is 11.5. The van der Waals surface area contributed by atoms with Gasteiger partial charge in [0.25, 0.3) is 0 Å². The van der Waals surface area contributed by atoms with Crippen molar-refractivity contribution in [2.24, 2.45) is 5.92 Å². The lowest BCUT2D eigenvalue weighted by Gasteiger charge is -2.28. The van der Waals surface area contributed by atoms with E-state index in [0.29, 0.717) is 19.1 Å². The summed E-state index contributed by atoms with van der Waals surface area (Å²) in [6.45, 7) is 7.27. The molecule has 28 heavy (non-hydrogen) atoms. The predicted molar refractivity (Wildman–Crippen MR) is 113 cm³/mol. The quantitative estimate of drug-likeness (QED) is 0.585. The molecule has 0 radical (unpaired) electrons. The van der Waals surface area contributed by atoms with Crippen molar-refractivity contribution in [3.05, 3.63) is 35.9 Å². The van der Waals surface area contributed by atoms with Gasteiger partial charge >= 0.3 is 5.97 Å². The van der Waals surface area contributed by atoms with E-state index in [1.165, 1.54) is 43.2 Å². The third-order valence-electron chi connectivity index (χ3n) is 6.13. The monoisotopic (exact) mass is 385 g/mol. The standard InChI is InChI=1S/C24H35NO3/c1-3-19-5-9-22(10-6-19)28-23-11-7-20(8-12-23)21-13-16-25(17-14-21)18-15-24(26)27-4-2/h7-8,11-13,19,22H,3-6,9-10,14-18H2,1-2H3. The van der Waals surface area contributed by atoms with Crippen LogP contribution in [0.5, 0.6) is 5.75 Å².